The van der Waals surface area contributed by atoms with Crippen LogP contribution in [0.4, 0.5) is 10.6 Å². The molecule has 0 saturated heterocycles. The summed E-state index contributed by atoms with van der Waals surface area (Å²) >= 11 is 0. The predicted molar refractivity (Wildman–Crippen MR) is 125 cm³/mol. The number of benzene rings is 2. The standard InChI is InChI=1S/C25H23N5O2/c26-23-22-16(13-28-24(22)30-15-29-23)7-5-6-12-27-25(31)32-14-21-19-10-3-1-8-17(19)18-9-2-4-11-20(18)21/h1-5,7-11,13,15,21H,6,12,14H2,(H,27,31)(H3,26,28,29,30). The number of aromatic nitrogens is 3. The van der Waals surface area contributed by atoms with E-state index in [9.17, 15) is 4.79 Å². The first-order valence-corrected chi connectivity index (χ1v) is 10.6. The number of ether oxygens (including phenoxy) is 1. The molecule has 2 heterocycles. The lowest BCUT2D eigenvalue weighted by molar-refractivity contribution is 0.143. The van der Waals surface area contributed by atoms with Crippen molar-refractivity contribution in [2.24, 2.45) is 0 Å². The molecular formula is C25H23N5O2. The zero-order chi connectivity index (χ0) is 21.9. The molecular weight excluding hydrogens is 402 g/mol. The normalized spacial score (nSPS) is 12.8. The lowest BCUT2D eigenvalue weighted by Crippen LogP contribution is -2.26. The highest BCUT2D eigenvalue weighted by molar-refractivity contribution is 5.94. The first kappa shape index (κ1) is 19.8. The molecule has 4 N–H and O–H groups in total. The molecule has 2 aromatic heterocycles. The number of amides is 1. The molecule has 7 nitrogen and oxygen atoms in total. The van der Waals surface area contributed by atoms with Crippen LogP contribution < -0.4 is 11.1 Å². The number of H-pyrrole nitrogens is 1. The first-order valence-electron chi connectivity index (χ1n) is 10.6. The van der Waals surface area contributed by atoms with Gasteiger partial charge in [0.25, 0.3) is 0 Å². The Kier molecular flexibility index (Phi) is 5.29. The van der Waals surface area contributed by atoms with Crippen molar-refractivity contribution in [3.05, 3.63) is 83.8 Å². The lowest BCUT2D eigenvalue weighted by Gasteiger charge is -2.14. The molecule has 1 amide bonds. The second kappa shape index (κ2) is 8.55. The Morgan fingerprint density at radius 2 is 1.81 bits per heavy atom. The van der Waals surface area contributed by atoms with E-state index >= 15 is 0 Å². The van der Waals surface area contributed by atoms with Crippen molar-refractivity contribution in [2.75, 3.05) is 18.9 Å². The van der Waals surface area contributed by atoms with E-state index in [1.807, 2.05) is 42.6 Å². The van der Waals surface area contributed by atoms with Gasteiger partial charge in [0.1, 0.15) is 24.4 Å². The van der Waals surface area contributed by atoms with Gasteiger partial charge in [-0.05, 0) is 28.7 Å². The van der Waals surface area contributed by atoms with E-state index < -0.39 is 6.09 Å². The van der Waals surface area contributed by atoms with Crippen LogP contribution in [0.3, 0.4) is 0 Å². The van der Waals surface area contributed by atoms with Crippen molar-refractivity contribution in [2.45, 2.75) is 12.3 Å². The maximum absolute atomic E-state index is 12.2. The van der Waals surface area contributed by atoms with Gasteiger partial charge in [-0.1, -0.05) is 60.7 Å². The Balaban J connectivity index is 1.14. The maximum Gasteiger partial charge on any atom is 0.407 e. The molecule has 1 aliphatic carbocycles. The van der Waals surface area contributed by atoms with Crippen molar-refractivity contribution in [3.63, 3.8) is 0 Å². The monoisotopic (exact) mass is 425 g/mol. The number of fused-ring (bicyclic) bond motifs is 4. The number of aromatic amines is 1. The maximum atomic E-state index is 12.2. The number of alkyl carbamates (subject to hydrolysis) is 1. The average Bonchev–Trinajstić information content (AvgIpc) is 3.37. The third-order valence-electron chi connectivity index (χ3n) is 5.75. The van der Waals surface area contributed by atoms with E-state index in [1.165, 1.54) is 28.6 Å². The van der Waals surface area contributed by atoms with Crippen molar-refractivity contribution in [1.29, 1.82) is 0 Å². The highest BCUT2D eigenvalue weighted by Gasteiger charge is 2.28. The minimum atomic E-state index is -0.412. The second-order valence-corrected chi connectivity index (χ2v) is 7.67. The predicted octanol–water partition coefficient (Wildman–Crippen LogP) is 4.48. The number of carbonyl (C=O) groups excluding carboxylic acids is 1. The van der Waals surface area contributed by atoms with Crippen LogP contribution in [0.1, 0.15) is 29.0 Å². The van der Waals surface area contributed by atoms with Crippen molar-refractivity contribution in [1.82, 2.24) is 20.3 Å². The van der Waals surface area contributed by atoms with E-state index in [2.05, 4.69) is 44.5 Å². The molecule has 0 spiro atoms. The average molecular weight is 425 g/mol. The minimum Gasteiger partial charge on any atom is -0.449 e. The van der Waals surface area contributed by atoms with Gasteiger partial charge in [-0.2, -0.15) is 0 Å². The first-order chi connectivity index (χ1) is 15.7. The summed E-state index contributed by atoms with van der Waals surface area (Å²) in [4.78, 5) is 23.5. The number of nitrogen functional groups attached to an aromatic ring is 1. The Labute approximate surface area is 185 Å². The molecule has 7 heteroatoms. The Morgan fingerprint density at radius 1 is 1.09 bits per heavy atom. The quantitative estimate of drug-likeness (QED) is 0.395. The third-order valence-corrected chi connectivity index (χ3v) is 5.75. The molecule has 0 unspecified atom stereocenters. The molecule has 0 bridgehead atoms. The van der Waals surface area contributed by atoms with Crippen LogP contribution >= 0.6 is 0 Å². The lowest BCUT2D eigenvalue weighted by atomic mass is 9.98. The van der Waals surface area contributed by atoms with Gasteiger partial charge in [-0.25, -0.2) is 14.8 Å². The van der Waals surface area contributed by atoms with Gasteiger partial charge >= 0.3 is 6.09 Å². The molecule has 0 aliphatic heterocycles. The number of anilines is 1. The summed E-state index contributed by atoms with van der Waals surface area (Å²) in [6.45, 7) is 0.784. The van der Waals surface area contributed by atoms with Crippen molar-refractivity contribution < 1.29 is 9.53 Å². The molecule has 0 fully saturated rings. The number of hydrogen-bond donors (Lipinski definition) is 3. The number of nitrogens with one attached hydrogen (secondary N) is 2. The molecule has 0 saturated carbocycles. The van der Waals surface area contributed by atoms with E-state index in [-0.39, 0.29) is 5.92 Å². The number of carbonyl (C=O) groups is 1. The van der Waals surface area contributed by atoms with Gasteiger partial charge in [0, 0.05) is 24.2 Å². The van der Waals surface area contributed by atoms with Crippen LogP contribution in [0.15, 0.2) is 67.1 Å². The van der Waals surface area contributed by atoms with Gasteiger partial charge in [0.2, 0.25) is 0 Å². The number of rotatable bonds is 6. The van der Waals surface area contributed by atoms with Crippen LogP contribution in [-0.2, 0) is 4.74 Å². The Hall–Kier alpha value is -4.13. The zero-order valence-corrected chi connectivity index (χ0v) is 17.4. The van der Waals surface area contributed by atoms with Crippen molar-refractivity contribution >= 4 is 29.0 Å². The summed E-state index contributed by atoms with van der Waals surface area (Å²) in [5, 5.41) is 3.61. The van der Waals surface area contributed by atoms with Gasteiger partial charge in [0.15, 0.2) is 0 Å². The minimum absolute atomic E-state index is 0.0580. The molecule has 2 aromatic carbocycles. The molecule has 5 rings (SSSR count). The number of nitrogens with zero attached hydrogens (tertiary/aromatic N) is 2. The Morgan fingerprint density at radius 3 is 2.56 bits per heavy atom. The van der Waals surface area contributed by atoms with Crippen LogP contribution in [0.2, 0.25) is 0 Å². The van der Waals surface area contributed by atoms with Crippen molar-refractivity contribution in [3.8, 4) is 11.1 Å². The van der Waals surface area contributed by atoms with Crippen LogP contribution in [0, 0.1) is 0 Å². The molecule has 4 aromatic rings. The summed E-state index contributed by atoms with van der Waals surface area (Å²) in [6, 6.07) is 16.6. The smallest absolute Gasteiger partial charge is 0.407 e. The molecule has 160 valence electrons. The topological polar surface area (TPSA) is 106 Å². The van der Waals surface area contributed by atoms with Gasteiger partial charge in [0.05, 0.1) is 5.39 Å². The largest absolute Gasteiger partial charge is 0.449 e. The summed E-state index contributed by atoms with van der Waals surface area (Å²) in [5.74, 6) is 0.496. The highest BCUT2D eigenvalue weighted by Crippen LogP contribution is 2.44. The van der Waals surface area contributed by atoms with Crippen LogP contribution in [0.25, 0.3) is 28.2 Å². The summed E-state index contributed by atoms with van der Waals surface area (Å²) in [5.41, 5.74) is 12.4. The fourth-order valence-electron chi connectivity index (χ4n) is 4.26. The van der Waals surface area contributed by atoms with E-state index in [0.717, 1.165) is 10.9 Å². The van der Waals surface area contributed by atoms with E-state index in [4.69, 9.17) is 10.5 Å². The molecule has 32 heavy (non-hydrogen) atoms. The highest BCUT2D eigenvalue weighted by atomic mass is 16.5. The molecule has 0 atom stereocenters. The van der Waals surface area contributed by atoms with E-state index in [0.29, 0.717) is 31.0 Å². The van der Waals surface area contributed by atoms with Gasteiger partial charge < -0.3 is 20.8 Å². The van der Waals surface area contributed by atoms with Gasteiger partial charge in [-0.3, -0.25) is 0 Å². The Bertz CT molecular complexity index is 1270. The zero-order valence-electron chi connectivity index (χ0n) is 17.4. The number of hydrogen-bond acceptors (Lipinski definition) is 5. The third kappa shape index (κ3) is 3.69. The van der Waals surface area contributed by atoms with Crippen LogP contribution in [-0.4, -0.2) is 34.2 Å². The fraction of sp³-hybridized carbons (Fsp3) is 0.160. The molecule has 1 aliphatic rings. The fourth-order valence-corrected chi connectivity index (χ4v) is 4.26. The summed E-state index contributed by atoms with van der Waals surface area (Å²) in [7, 11) is 0. The second-order valence-electron chi connectivity index (χ2n) is 7.67. The molecule has 0 radical (unpaired) electrons. The number of nitrogens with two attached hydrogens (primary N) is 1. The van der Waals surface area contributed by atoms with E-state index in [1.54, 1.807) is 0 Å². The summed E-state index contributed by atoms with van der Waals surface area (Å²) in [6.07, 6.45) is 7.43. The SMILES string of the molecule is Nc1ncnc2[nH]cc(C=CCCNC(=O)OCC3c4ccccc4-c4ccccc43)c12. The van der Waals surface area contributed by atoms with Gasteiger partial charge in [-0.15, -0.1) is 0 Å². The van der Waals surface area contributed by atoms with Crippen LogP contribution in [0.5, 0.6) is 0 Å². The summed E-state index contributed by atoms with van der Waals surface area (Å²) < 4.78 is 5.55.